The van der Waals surface area contributed by atoms with E-state index in [0.717, 1.165) is 31.9 Å². The largest absolute Gasteiger partial charge is 0.481 e. The Labute approximate surface area is 115 Å². The van der Waals surface area contributed by atoms with Crippen molar-refractivity contribution >= 4 is 5.97 Å². The quantitative estimate of drug-likeness (QED) is 0.733. The number of nitrogens with zero attached hydrogens (tertiary/aromatic N) is 1. The van der Waals surface area contributed by atoms with Gasteiger partial charge in [-0.25, -0.2) is 0 Å². The molecule has 0 aliphatic heterocycles. The van der Waals surface area contributed by atoms with Gasteiger partial charge in [-0.15, -0.1) is 0 Å². The molecule has 0 spiro atoms. The lowest BCUT2D eigenvalue weighted by Crippen LogP contribution is -2.22. The Kier molecular flexibility index (Phi) is 6.53. The SMILES string of the molecule is CCOCCN(C)Cc1ccc(C(C)C(=O)O)cc1. The Balaban J connectivity index is 2.50. The molecule has 19 heavy (non-hydrogen) atoms. The number of ether oxygens (including phenoxy) is 1. The first kappa shape index (κ1) is 15.7. The molecule has 0 aromatic heterocycles. The van der Waals surface area contributed by atoms with Gasteiger partial charge in [0.05, 0.1) is 12.5 Å². The van der Waals surface area contributed by atoms with Crippen LogP contribution in [0.15, 0.2) is 24.3 Å². The topological polar surface area (TPSA) is 49.8 Å². The average molecular weight is 265 g/mol. The Morgan fingerprint density at radius 3 is 2.53 bits per heavy atom. The Hall–Kier alpha value is -1.39. The van der Waals surface area contributed by atoms with E-state index in [1.807, 2.05) is 38.2 Å². The molecule has 0 amide bonds. The number of carboxylic acids is 1. The molecule has 0 saturated heterocycles. The predicted molar refractivity (Wildman–Crippen MR) is 75.3 cm³/mol. The molecule has 106 valence electrons. The van der Waals surface area contributed by atoms with Crippen molar-refractivity contribution in [3.63, 3.8) is 0 Å². The first-order valence-electron chi connectivity index (χ1n) is 6.62. The van der Waals surface area contributed by atoms with E-state index in [9.17, 15) is 4.79 Å². The van der Waals surface area contributed by atoms with Crippen molar-refractivity contribution in [2.75, 3.05) is 26.8 Å². The van der Waals surface area contributed by atoms with Gasteiger partial charge in [0.15, 0.2) is 0 Å². The molecule has 1 aromatic carbocycles. The number of aliphatic carboxylic acids is 1. The van der Waals surface area contributed by atoms with Crippen LogP contribution in [0.2, 0.25) is 0 Å². The maximum absolute atomic E-state index is 10.9. The third-order valence-corrected chi connectivity index (χ3v) is 3.12. The highest BCUT2D eigenvalue weighted by atomic mass is 16.5. The van der Waals surface area contributed by atoms with Crippen LogP contribution in [0.3, 0.4) is 0 Å². The molecule has 0 heterocycles. The van der Waals surface area contributed by atoms with Gasteiger partial charge in [0.1, 0.15) is 0 Å². The van der Waals surface area contributed by atoms with Crippen molar-refractivity contribution in [1.29, 1.82) is 0 Å². The van der Waals surface area contributed by atoms with E-state index in [2.05, 4.69) is 4.90 Å². The third-order valence-electron chi connectivity index (χ3n) is 3.12. The highest BCUT2D eigenvalue weighted by Gasteiger charge is 2.13. The molecular formula is C15H23NO3. The molecule has 0 aliphatic rings. The standard InChI is InChI=1S/C15H23NO3/c1-4-19-10-9-16(3)11-13-5-7-14(8-6-13)12(2)15(17)18/h5-8,12H,4,9-11H2,1-3H3,(H,17,18). The molecule has 0 radical (unpaired) electrons. The van der Waals surface area contributed by atoms with Crippen LogP contribution < -0.4 is 0 Å². The molecule has 1 unspecified atom stereocenters. The number of likely N-dealkylation sites (N-methyl/N-ethyl adjacent to an activating group) is 1. The zero-order valence-corrected chi connectivity index (χ0v) is 11.9. The highest BCUT2D eigenvalue weighted by molar-refractivity contribution is 5.75. The summed E-state index contributed by atoms with van der Waals surface area (Å²) in [6.45, 7) is 6.90. The second-order valence-corrected chi connectivity index (χ2v) is 4.74. The molecular weight excluding hydrogens is 242 g/mol. The maximum atomic E-state index is 10.9. The Morgan fingerprint density at radius 1 is 1.37 bits per heavy atom. The van der Waals surface area contributed by atoms with Crippen LogP contribution in [0.25, 0.3) is 0 Å². The summed E-state index contributed by atoms with van der Waals surface area (Å²) >= 11 is 0. The predicted octanol–water partition coefficient (Wildman–Crippen LogP) is 2.34. The van der Waals surface area contributed by atoms with Crippen molar-refractivity contribution in [2.24, 2.45) is 0 Å². The van der Waals surface area contributed by atoms with Crippen LogP contribution in [-0.4, -0.2) is 42.8 Å². The molecule has 0 bridgehead atoms. The summed E-state index contributed by atoms with van der Waals surface area (Å²) in [6, 6.07) is 7.77. The molecule has 1 aromatic rings. The van der Waals surface area contributed by atoms with Crippen molar-refractivity contribution in [1.82, 2.24) is 4.90 Å². The number of carbonyl (C=O) groups is 1. The van der Waals surface area contributed by atoms with Gasteiger partial charge in [0.2, 0.25) is 0 Å². The lowest BCUT2D eigenvalue weighted by molar-refractivity contribution is -0.138. The van der Waals surface area contributed by atoms with Crippen LogP contribution in [0.4, 0.5) is 0 Å². The lowest BCUT2D eigenvalue weighted by atomic mass is 10.00. The molecule has 1 N–H and O–H groups in total. The molecule has 0 fully saturated rings. The molecule has 1 rings (SSSR count). The monoisotopic (exact) mass is 265 g/mol. The average Bonchev–Trinajstić information content (AvgIpc) is 2.39. The fourth-order valence-electron chi connectivity index (χ4n) is 1.81. The number of hydrogen-bond donors (Lipinski definition) is 1. The highest BCUT2D eigenvalue weighted by Crippen LogP contribution is 2.16. The maximum Gasteiger partial charge on any atom is 0.310 e. The number of rotatable bonds is 8. The fourth-order valence-corrected chi connectivity index (χ4v) is 1.81. The van der Waals surface area contributed by atoms with E-state index in [1.54, 1.807) is 6.92 Å². The van der Waals surface area contributed by atoms with E-state index < -0.39 is 11.9 Å². The van der Waals surface area contributed by atoms with Crippen LogP contribution in [-0.2, 0) is 16.1 Å². The fraction of sp³-hybridized carbons (Fsp3) is 0.533. The first-order valence-corrected chi connectivity index (χ1v) is 6.62. The molecule has 4 heteroatoms. The van der Waals surface area contributed by atoms with Gasteiger partial charge in [-0.05, 0) is 32.0 Å². The number of hydrogen-bond acceptors (Lipinski definition) is 3. The van der Waals surface area contributed by atoms with Crippen LogP contribution in [0.1, 0.15) is 30.9 Å². The summed E-state index contributed by atoms with van der Waals surface area (Å²) in [6.07, 6.45) is 0. The van der Waals surface area contributed by atoms with Gasteiger partial charge in [-0.3, -0.25) is 9.69 Å². The lowest BCUT2D eigenvalue weighted by Gasteiger charge is -2.17. The zero-order valence-electron chi connectivity index (χ0n) is 11.9. The van der Waals surface area contributed by atoms with Crippen molar-refractivity contribution < 1.29 is 14.6 Å². The van der Waals surface area contributed by atoms with Crippen LogP contribution in [0.5, 0.6) is 0 Å². The number of benzene rings is 1. The van der Waals surface area contributed by atoms with E-state index >= 15 is 0 Å². The summed E-state index contributed by atoms with van der Waals surface area (Å²) in [5.41, 5.74) is 2.02. The van der Waals surface area contributed by atoms with Gasteiger partial charge in [-0.1, -0.05) is 24.3 Å². The summed E-state index contributed by atoms with van der Waals surface area (Å²) in [4.78, 5) is 13.1. The van der Waals surface area contributed by atoms with E-state index in [-0.39, 0.29) is 0 Å². The Bertz CT molecular complexity index is 389. The first-order chi connectivity index (χ1) is 9.04. The molecule has 4 nitrogen and oxygen atoms in total. The van der Waals surface area contributed by atoms with E-state index in [0.29, 0.717) is 0 Å². The summed E-state index contributed by atoms with van der Waals surface area (Å²) in [5, 5.41) is 8.95. The molecule has 0 aliphatic carbocycles. The zero-order chi connectivity index (χ0) is 14.3. The van der Waals surface area contributed by atoms with Crippen molar-refractivity contribution in [3.05, 3.63) is 35.4 Å². The number of carboxylic acid groups (broad SMARTS) is 1. The van der Waals surface area contributed by atoms with E-state index in [1.165, 1.54) is 5.56 Å². The minimum atomic E-state index is -0.790. The normalized spacial score (nSPS) is 12.6. The summed E-state index contributed by atoms with van der Waals surface area (Å²) in [5.74, 6) is -1.24. The summed E-state index contributed by atoms with van der Waals surface area (Å²) < 4.78 is 5.31. The Morgan fingerprint density at radius 2 is 2.00 bits per heavy atom. The molecule has 0 saturated carbocycles. The second kappa shape index (κ2) is 7.92. The van der Waals surface area contributed by atoms with Gasteiger partial charge >= 0.3 is 5.97 Å². The second-order valence-electron chi connectivity index (χ2n) is 4.74. The van der Waals surface area contributed by atoms with Gasteiger partial charge in [0, 0.05) is 19.7 Å². The van der Waals surface area contributed by atoms with Crippen molar-refractivity contribution in [2.45, 2.75) is 26.3 Å². The van der Waals surface area contributed by atoms with Crippen LogP contribution >= 0.6 is 0 Å². The van der Waals surface area contributed by atoms with Gasteiger partial charge < -0.3 is 9.84 Å². The van der Waals surface area contributed by atoms with Gasteiger partial charge in [-0.2, -0.15) is 0 Å². The minimum absolute atomic E-state index is 0.454. The smallest absolute Gasteiger partial charge is 0.310 e. The summed E-state index contributed by atoms with van der Waals surface area (Å²) in [7, 11) is 2.05. The van der Waals surface area contributed by atoms with Gasteiger partial charge in [0.25, 0.3) is 0 Å². The minimum Gasteiger partial charge on any atom is -0.481 e. The van der Waals surface area contributed by atoms with E-state index in [4.69, 9.17) is 9.84 Å². The van der Waals surface area contributed by atoms with Crippen molar-refractivity contribution in [3.8, 4) is 0 Å². The third kappa shape index (κ3) is 5.41. The van der Waals surface area contributed by atoms with Crippen LogP contribution in [0, 0.1) is 0 Å². The molecule has 1 atom stereocenters.